The smallest absolute Gasteiger partial charge is 0.225 e. The van der Waals surface area contributed by atoms with Crippen molar-refractivity contribution >= 4 is 30.3 Å². The lowest BCUT2D eigenvalue weighted by atomic mass is 10.1. The first-order valence-electron chi connectivity index (χ1n) is 7.30. The van der Waals surface area contributed by atoms with E-state index in [2.05, 4.69) is 32.2 Å². The zero-order valence-corrected chi connectivity index (χ0v) is 11.9. The van der Waals surface area contributed by atoms with Crippen molar-refractivity contribution in [2.75, 3.05) is 0 Å². The van der Waals surface area contributed by atoms with Crippen LogP contribution < -0.4 is 5.32 Å². The third-order valence-electron chi connectivity index (χ3n) is 3.32. The lowest BCUT2D eigenvalue weighted by molar-refractivity contribution is -0.119. The van der Waals surface area contributed by atoms with Gasteiger partial charge in [0.05, 0.1) is 0 Å². The Morgan fingerprint density at radius 1 is 1.15 bits per heavy atom. The molecule has 1 amide bonds. The second-order valence-corrected chi connectivity index (χ2v) is 4.98. The average Bonchev–Trinajstić information content (AvgIpc) is 2.92. The van der Waals surface area contributed by atoms with Crippen LogP contribution in [0, 0.1) is 0 Å². The molecule has 0 radical (unpaired) electrons. The van der Waals surface area contributed by atoms with Crippen molar-refractivity contribution in [3.8, 4) is 0 Å². The Bertz CT molecular complexity index is 464. The van der Waals surface area contributed by atoms with Crippen LogP contribution in [0.15, 0.2) is 20.0 Å². The summed E-state index contributed by atoms with van der Waals surface area (Å²) in [4.78, 5) is 28.1. The number of carbonyl (C=O) groups is 1. The molecule has 108 valence electrons. The minimum atomic E-state index is -0.325. The van der Waals surface area contributed by atoms with Gasteiger partial charge in [0.25, 0.3) is 0 Å². The molecular formula is C14H21N5O. The predicted molar refractivity (Wildman–Crippen MR) is 81.8 cm³/mol. The van der Waals surface area contributed by atoms with Crippen molar-refractivity contribution in [3.05, 3.63) is 0 Å². The Balaban J connectivity index is 1.67. The van der Waals surface area contributed by atoms with Crippen molar-refractivity contribution in [1.82, 2.24) is 5.32 Å². The number of rotatable bonds is 7. The quantitative estimate of drug-likeness (QED) is 0.709. The maximum absolute atomic E-state index is 11.9. The number of carbonyl (C=O) groups excluding carboxylic acids is 1. The summed E-state index contributed by atoms with van der Waals surface area (Å²) in [7, 11) is 0. The van der Waals surface area contributed by atoms with Crippen molar-refractivity contribution in [2.45, 2.75) is 57.9 Å². The molecule has 6 nitrogen and oxygen atoms in total. The molecular weight excluding hydrogens is 254 g/mol. The van der Waals surface area contributed by atoms with Crippen LogP contribution in [0.1, 0.15) is 51.9 Å². The van der Waals surface area contributed by atoms with E-state index in [4.69, 9.17) is 0 Å². The predicted octanol–water partition coefficient (Wildman–Crippen LogP) is 2.10. The van der Waals surface area contributed by atoms with Crippen LogP contribution in [0.2, 0.25) is 0 Å². The fourth-order valence-electron chi connectivity index (χ4n) is 2.19. The van der Waals surface area contributed by atoms with Gasteiger partial charge in [0.1, 0.15) is 18.5 Å². The number of nitrogens with one attached hydrogen (secondary N) is 1. The van der Waals surface area contributed by atoms with Gasteiger partial charge in [-0.05, 0) is 6.42 Å². The molecule has 0 aromatic heterocycles. The SMILES string of the molecule is CCCCCCCCC(=O)NC1=NC=NC2=NC=NC21. The second kappa shape index (κ2) is 7.67. The molecule has 0 saturated carbocycles. The van der Waals surface area contributed by atoms with Crippen LogP contribution in [0.5, 0.6) is 0 Å². The standard InChI is InChI=1S/C14H21N5O/c1-2-3-4-5-6-7-8-11(20)19-14-12-13(16-9-15-12)17-10-18-14/h9-10,12H,2-8H2,1H3,(H,15,16,17,18,19,20). The minimum absolute atomic E-state index is 0.00371. The monoisotopic (exact) mass is 275 g/mol. The number of amidine groups is 2. The summed E-state index contributed by atoms with van der Waals surface area (Å²) < 4.78 is 0. The Hall–Kier alpha value is -1.85. The van der Waals surface area contributed by atoms with E-state index in [1.54, 1.807) is 0 Å². The molecule has 2 heterocycles. The van der Waals surface area contributed by atoms with Crippen molar-refractivity contribution in [1.29, 1.82) is 0 Å². The number of hydrogen-bond donors (Lipinski definition) is 1. The molecule has 1 unspecified atom stereocenters. The molecule has 2 rings (SSSR count). The molecule has 0 spiro atoms. The van der Waals surface area contributed by atoms with E-state index in [0.29, 0.717) is 18.1 Å². The van der Waals surface area contributed by atoms with E-state index in [-0.39, 0.29) is 11.9 Å². The van der Waals surface area contributed by atoms with Crippen LogP contribution >= 0.6 is 0 Å². The fraction of sp³-hybridized carbons (Fsp3) is 0.643. The first-order valence-corrected chi connectivity index (χ1v) is 7.30. The van der Waals surface area contributed by atoms with Crippen molar-refractivity contribution < 1.29 is 4.79 Å². The van der Waals surface area contributed by atoms with E-state index in [0.717, 1.165) is 12.8 Å². The first kappa shape index (κ1) is 14.6. The van der Waals surface area contributed by atoms with Gasteiger partial charge in [-0.2, -0.15) is 0 Å². The summed E-state index contributed by atoms with van der Waals surface area (Å²) in [5.74, 6) is 1.12. The molecule has 2 aliphatic heterocycles. The zero-order valence-electron chi connectivity index (χ0n) is 11.9. The van der Waals surface area contributed by atoms with Crippen molar-refractivity contribution in [2.24, 2.45) is 20.0 Å². The van der Waals surface area contributed by atoms with Gasteiger partial charge in [-0.1, -0.05) is 39.0 Å². The second-order valence-electron chi connectivity index (χ2n) is 4.98. The lowest BCUT2D eigenvalue weighted by Gasteiger charge is -2.14. The molecule has 0 fully saturated rings. The molecule has 0 aromatic carbocycles. The van der Waals surface area contributed by atoms with Crippen LogP contribution in [-0.2, 0) is 4.79 Å². The third-order valence-corrected chi connectivity index (χ3v) is 3.32. The summed E-state index contributed by atoms with van der Waals surface area (Å²) >= 11 is 0. The highest BCUT2D eigenvalue weighted by Crippen LogP contribution is 2.09. The summed E-state index contributed by atoms with van der Waals surface area (Å²) in [6.07, 6.45) is 10.4. The largest absolute Gasteiger partial charge is 0.312 e. The summed E-state index contributed by atoms with van der Waals surface area (Å²) in [5.41, 5.74) is 0. The van der Waals surface area contributed by atoms with E-state index in [1.165, 1.54) is 38.4 Å². The van der Waals surface area contributed by atoms with Gasteiger partial charge >= 0.3 is 0 Å². The first-order chi connectivity index (χ1) is 9.81. The third kappa shape index (κ3) is 4.08. The van der Waals surface area contributed by atoms with Gasteiger partial charge in [-0.3, -0.25) is 9.79 Å². The maximum atomic E-state index is 11.9. The number of aliphatic imine (C=N–C) groups is 4. The highest BCUT2D eigenvalue weighted by atomic mass is 16.1. The summed E-state index contributed by atoms with van der Waals surface area (Å²) in [5, 5.41) is 2.82. The van der Waals surface area contributed by atoms with Gasteiger partial charge < -0.3 is 5.32 Å². The van der Waals surface area contributed by atoms with E-state index >= 15 is 0 Å². The zero-order chi connectivity index (χ0) is 14.2. The van der Waals surface area contributed by atoms with E-state index < -0.39 is 0 Å². The summed E-state index contributed by atoms with van der Waals surface area (Å²) in [6, 6.07) is -0.325. The van der Waals surface area contributed by atoms with E-state index in [9.17, 15) is 4.79 Å². The molecule has 0 saturated heterocycles. The normalized spacial score (nSPS) is 19.6. The molecule has 6 heteroatoms. The van der Waals surface area contributed by atoms with Crippen LogP contribution in [0.25, 0.3) is 0 Å². The topological polar surface area (TPSA) is 78.5 Å². The number of nitrogens with zero attached hydrogens (tertiary/aromatic N) is 4. The van der Waals surface area contributed by atoms with Crippen LogP contribution in [0.4, 0.5) is 0 Å². The average molecular weight is 275 g/mol. The fourth-order valence-corrected chi connectivity index (χ4v) is 2.19. The van der Waals surface area contributed by atoms with Crippen LogP contribution in [0.3, 0.4) is 0 Å². The van der Waals surface area contributed by atoms with Gasteiger partial charge in [0, 0.05) is 6.42 Å². The highest BCUT2D eigenvalue weighted by Gasteiger charge is 2.27. The molecule has 0 bridgehead atoms. The number of amides is 1. The molecule has 1 N–H and O–H groups in total. The Labute approximate surface area is 119 Å². The lowest BCUT2D eigenvalue weighted by Crippen LogP contribution is -2.42. The molecule has 0 aromatic rings. The highest BCUT2D eigenvalue weighted by molar-refractivity contribution is 6.22. The number of hydrogen-bond acceptors (Lipinski definition) is 5. The van der Waals surface area contributed by atoms with Crippen molar-refractivity contribution in [3.63, 3.8) is 0 Å². The maximum Gasteiger partial charge on any atom is 0.225 e. The Kier molecular flexibility index (Phi) is 5.58. The molecule has 1 atom stereocenters. The molecule has 20 heavy (non-hydrogen) atoms. The minimum Gasteiger partial charge on any atom is -0.312 e. The van der Waals surface area contributed by atoms with Gasteiger partial charge in [-0.15, -0.1) is 0 Å². The molecule has 0 aliphatic carbocycles. The summed E-state index contributed by atoms with van der Waals surface area (Å²) in [6.45, 7) is 2.20. The molecule has 2 aliphatic rings. The Morgan fingerprint density at radius 3 is 2.80 bits per heavy atom. The van der Waals surface area contributed by atoms with Gasteiger partial charge in [-0.25, -0.2) is 15.0 Å². The number of fused-ring (bicyclic) bond motifs is 1. The van der Waals surface area contributed by atoms with E-state index in [1.807, 2.05) is 0 Å². The van der Waals surface area contributed by atoms with Gasteiger partial charge in [0.15, 0.2) is 11.9 Å². The number of unbranched alkanes of at least 4 members (excludes halogenated alkanes) is 5. The Morgan fingerprint density at radius 2 is 1.95 bits per heavy atom. The van der Waals surface area contributed by atoms with Crippen LogP contribution in [-0.4, -0.2) is 36.3 Å². The van der Waals surface area contributed by atoms with Gasteiger partial charge in [0.2, 0.25) is 5.91 Å².